The molecule has 0 amide bonds. The van der Waals surface area contributed by atoms with Crippen LogP contribution < -0.4 is 29.6 Å². The van der Waals surface area contributed by atoms with Gasteiger partial charge in [0.15, 0.2) is 0 Å². The van der Waals surface area contributed by atoms with E-state index in [0.717, 1.165) is 32.1 Å². The Kier molecular flexibility index (Phi) is 15.7. The fourth-order valence-electron chi connectivity index (χ4n) is 2.22. The van der Waals surface area contributed by atoms with Crippen LogP contribution in [0.4, 0.5) is 0 Å². The van der Waals surface area contributed by atoms with E-state index in [2.05, 4.69) is 6.92 Å². The zero-order chi connectivity index (χ0) is 14.7. The maximum absolute atomic E-state index is 11.2. The Hall–Kier alpha value is 0.870. The van der Waals surface area contributed by atoms with Gasteiger partial charge < -0.3 is 9.66 Å². The molecule has 6 heteroatoms. The first kappa shape index (κ1) is 23.1. The Morgan fingerprint density at radius 2 is 1.40 bits per heavy atom. The van der Waals surface area contributed by atoms with Crippen LogP contribution in [0.2, 0.25) is 0 Å². The average Bonchev–Trinajstić information content (AvgIpc) is 2.29. The van der Waals surface area contributed by atoms with Crippen molar-refractivity contribution < 1.29 is 47.6 Å². The molecular formula is C14H29NaO4S. The molecule has 20 heavy (non-hydrogen) atoms. The molecule has 4 nitrogen and oxygen atoms in total. The summed E-state index contributed by atoms with van der Waals surface area (Å²) in [6.07, 6.45) is 7.99. The van der Waals surface area contributed by atoms with Crippen LogP contribution in [0.25, 0.3) is 0 Å². The van der Waals surface area contributed by atoms with E-state index in [-0.39, 0.29) is 35.7 Å². The summed E-state index contributed by atoms with van der Waals surface area (Å²) in [6, 6.07) is 0. The molecule has 0 aromatic heterocycles. The first-order chi connectivity index (χ1) is 8.88. The Balaban J connectivity index is 0. The van der Waals surface area contributed by atoms with Gasteiger partial charge in [0.05, 0.1) is 16.2 Å². The standard InChI is InChI=1S/C14H30O4S.Na/c1-3-4-5-6-7-11-14(19(16,17)18)12-9-8-10-13(2)15;/h13-15H,3-12H2,1-2H3,(H,16,17,18);/q;+1/p-1. The summed E-state index contributed by atoms with van der Waals surface area (Å²) in [4.78, 5) is 0. The molecule has 2 atom stereocenters. The van der Waals surface area contributed by atoms with Crippen LogP contribution in [0.3, 0.4) is 0 Å². The van der Waals surface area contributed by atoms with Crippen molar-refractivity contribution in [3.63, 3.8) is 0 Å². The second-order valence-electron chi connectivity index (χ2n) is 5.45. The van der Waals surface area contributed by atoms with Gasteiger partial charge in [0.1, 0.15) is 0 Å². The van der Waals surface area contributed by atoms with Gasteiger partial charge in [-0.05, 0) is 26.2 Å². The first-order valence-electron chi connectivity index (χ1n) is 7.50. The molecule has 0 aromatic rings. The molecule has 0 aromatic carbocycles. The molecule has 1 N–H and O–H groups in total. The molecule has 0 saturated carbocycles. The normalized spacial score (nSPS) is 14.6. The van der Waals surface area contributed by atoms with E-state index < -0.39 is 15.4 Å². The fourth-order valence-corrected chi connectivity index (χ4v) is 3.13. The Morgan fingerprint density at radius 3 is 1.85 bits per heavy atom. The van der Waals surface area contributed by atoms with Crippen molar-refractivity contribution in [1.29, 1.82) is 0 Å². The van der Waals surface area contributed by atoms with E-state index in [1.165, 1.54) is 6.42 Å². The van der Waals surface area contributed by atoms with Crippen molar-refractivity contribution in [1.82, 2.24) is 0 Å². The molecule has 0 radical (unpaired) electrons. The topological polar surface area (TPSA) is 77.4 Å². The van der Waals surface area contributed by atoms with Crippen LogP contribution in [-0.4, -0.2) is 29.4 Å². The predicted molar refractivity (Wildman–Crippen MR) is 77.0 cm³/mol. The van der Waals surface area contributed by atoms with Gasteiger partial charge >= 0.3 is 29.6 Å². The number of hydrogen-bond acceptors (Lipinski definition) is 4. The number of aliphatic hydroxyl groups excluding tert-OH is 1. The molecule has 0 aliphatic rings. The fraction of sp³-hybridized carbons (Fsp3) is 1.00. The van der Waals surface area contributed by atoms with Crippen molar-refractivity contribution in [2.45, 2.75) is 89.4 Å². The Morgan fingerprint density at radius 1 is 0.950 bits per heavy atom. The van der Waals surface area contributed by atoms with Crippen LogP contribution in [0, 0.1) is 0 Å². The largest absolute Gasteiger partial charge is 1.00 e. The van der Waals surface area contributed by atoms with Crippen LogP contribution in [0.5, 0.6) is 0 Å². The second kappa shape index (κ2) is 13.5. The Labute approximate surface area is 146 Å². The summed E-state index contributed by atoms with van der Waals surface area (Å²) in [5, 5.41) is 8.39. The first-order valence-corrected chi connectivity index (χ1v) is 8.97. The van der Waals surface area contributed by atoms with Gasteiger partial charge in [0.2, 0.25) is 0 Å². The SMILES string of the molecule is CCCCCCCC(CCCCC(C)O)S(=O)(=O)[O-].[Na+]. The van der Waals surface area contributed by atoms with Gasteiger partial charge in [0, 0.05) is 5.25 Å². The zero-order valence-corrected chi connectivity index (χ0v) is 16.1. The summed E-state index contributed by atoms with van der Waals surface area (Å²) < 4.78 is 33.5. The third-order valence-corrected chi connectivity index (χ3v) is 4.72. The second-order valence-corrected chi connectivity index (χ2v) is 7.10. The zero-order valence-electron chi connectivity index (χ0n) is 13.3. The van der Waals surface area contributed by atoms with Crippen LogP contribution in [0.15, 0.2) is 0 Å². The number of aliphatic hydroxyl groups is 1. The minimum Gasteiger partial charge on any atom is -0.748 e. The van der Waals surface area contributed by atoms with Gasteiger partial charge in [-0.25, -0.2) is 8.42 Å². The molecule has 0 fully saturated rings. The van der Waals surface area contributed by atoms with Gasteiger partial charge in [-0.3, -0.25) is 0 Å². The van der Waals surface area contributed by atoms with E-state index >= 15 is 0 Å². The van der Waals surface area contributed by atoms with E-state index in [1.807, 2.05) is 0 Å². The summed E-state index contributed by atoms with van der Waals surface area (Å²) in [6.45, 7) is 3.85. The maximum atomic E-state index is 11.2. The van der Waals surface area contributed by atoms with Crippen molar-refractivity contribution >= 4 is 10.1 Å². The number of rotatable bonds is 12. The molecule has 0 spiro atoms. The summed E-state index contributed by atoms with van der Waals surface area (Å²) >= 11 is 0. The van der Waals surface area contributed by atoms with Gasteiger partial charge in [-0.15, -0.1) is 0 Å². The van der Waals surface area contributed by atoms with Crippen LogP contribution in [0.1, 0.15) is 78.1 Å². The summed E-state index contributed by atoms with van der Waals surface area (Å²) in [5.41, 5.74) is 0. The average molecular weight is 316 g/mol. The molecule has 0 aliphatic heterocycles. The van der Waals surface area contributed by atoms with Crippen molar-refractivity contribution in [3.05, 3.63) is 0 Å². The van der Waals surface area contributed by atoms with Crippen LogP contribution in [-0.2, 0) is 10.1 Å². The number of hydrogen-bond donors (Lipinski definition) is 1. The summed E-state index contributed by atoms with van der Waals surface area (Å²) in [7, 11) is -4.17. The third kappa shape index (κ3) is 13.8. The molecule has 116 valence electrons. The molecular weight excluding hydrogens is 287 g/mol. The van der Waals surface area contributed by atoms with Gasteiger partial charge in [-0.1, -0.05) is 51.9 Å². The van der Waals surface area contributed by atoms with E-state index in [9.17, 15) is 13.0 Å². The minimum absolute atomic E-state index is 0. The van der Waals surface area contributed by atoms with Gasteiger partial charge in [-0.2, -0.15) is 0 Å². The third-order valence-electron chi connectivity index (χ3n) is 3.44. The van der Waals surface area contributed by atoms with Crippen molar-refractivity contribution in [3.8, 4) is 0 Å². The van der Waals surface area contributed by atoms with E-state index in [0.29, 0.717) is 25.7 Å². The quantitative estimate of drug-likeness (QED) is 0.317. The molecule has 0 rings (SSSR count). The van der Waals surface area contributed by atoms with E-state index in [1.54, 1.807) is 6.92 Å². The monoisotopic (exact) mass is 316 g/mol. The molecule has 0 aliphatic carbocycles. The predicted octanol–water partition coefficient (Wildman–Crippen LogP) is 0.206. The van der Waals surface area contributed by atoms with Crippen molar-refractivity contribution in [2.24, 2.45) is 0 Å². The van der Waals surface area contributed by atoms with Crippen molar-refractivity contribution in [2.75, 3.05) is 0 Å². The molecule has 2 unspecified atom stereocenters. The Bertz CT molecular complexity index is 304. The molecule has 0 saturated heterocycles. The van der Waals surface area contributed by atoms with Gasteiger partial charge in [0.25, 0.3) is 0 Å². The molecule has 0 heterocycles. The minimum atomic E-state index is -4.17. The summed E-state index contributed by atoms with van der Waals surface area (Å²) in [5.74, 6) is 0. The smallest absolute Gasteiger partial charge is 0.748 e. The number of unbranched alkanes of at least 4 members (excludes halogenated alkanes) is 5. The molecule has 0 bridgehead atoms. The maximum Gasteiger partial charge on any atom is 1.00 e. The van der Waals surface area contributed by atoms with E-state index in [4.69, 9.17) is 5.11 Å². The van der Waals surface area contributed by atoms with Crippen LogP contribution >= 0.6 is 0 Å².